The van der Waals surface area contributed by atoms with E-state index in [-0.39, 0.29) is 19.2 Å². The Bertz CT molecular complexity index is 976. The number of carbonyl (C=O) groups excluding carboxylic acids is 1. The summed E-state index contributed by atoms with van der Waals surface area (Å²) < 4.78 is 11.1. The van der Waals surface area contributed by atoms with E-state index in [0.29, 0.717) is 13.0 Å². The molecule has 0 heterocycles. The van der Waals surface area contributed by atoms with Crippen LogP contribution in [0.25, 0.3) is 0 Å². The monoisotopic (exact) mass is 677 g/mol. The summed E-state index contributed by atoms with van der Waals surface area (Å²) in [5, 5.41) is 9.58. The van der Waals surface area contributed by atoms with Gasteiger partial charge in [-0.2, -0.15) is 0 Å². The van der Waals surface area contributed by atoms with Crippen molar-refractivity contribution in [2.75, 3.05) is 19.8 Å². The number of aliphatic hydroxyl groups is 1. The number of rotatable bonds is 34. The number of hydrogen-bond donors (Lipinski definition) is 1. The molecule has 0 aliphatic heterocycles. The minimum atomic E-state index is -0.569. The Morgan fingerprint density at radius 3 is 1.27 bits per heavy atom. The fraction of sp³-hybridized carbons (Fsp3) is 0.578. The van der Waals surface area contributed by atoms with Gasteiger partial charge in [-0.3, -0.25) is 4.79 Å². The molecule has 4 nitrogen and oxygen atoms in total. The highest BCUT2D eigenvalue weighted by Gasteiger charge is 2.13. The van der Waals surface area contributed by atoms with E-state index in [1.54, 1.807) is 0 Å². The Balaban J connectivity index is 3.61. The Kier molecular flexibility index (Phi) is 38.7. The Morgan fingerprint density at radius 2 is 0.857 bits per heavy atom. The summed E-state index contributed by atoms with van der Waals surface area (Å²) in [5.41, 5.74) is 0. The highest BCUT2D eigenvalue weighted by Crippen LogP contribution is 2.09. The van der Waals surface area contributed by atoms with Crippen LogP contribution in [0.2, 0.25) is 0 Å². The summed E-state index contributed by atoms with van der Waals surface area (Å²) in [6.07, 6.45) is 59.9. The van der Waals surface area contributed by atoms with Crippen LogP contribution in [0.4, 0.5) is 0 Å². The van der Waals surface area contributed by atoms with Crippen LogP contribution in [-0.4, -0.2) is 37.0 Å². The van der Waals surface area contributed by atoms with Crippen molar-refractivity contribution >= 4 is 5.97 Å². The summed E-state index contributed by atoms with van der Waals surface area (Å²) in [4.78, 5) is 12.2. The van der Waals surface area contributed by atoms with Gasteiger partial charge in [0.2, 0.25) is 0 Å². The standard InChI is InChI=1S/C45H72O4/c1-3-5-7-9-11-13-15-17-19-21-22-23-25-27-29-31-33-35-37-39-41-48-43-44(42-46)49-45(47)40-38-36-34-32-30-28-26-24-20-18-16-14-12-10-8-6-4-2/h5-8,11-14,17-20,22-23,26-29,44,46H,3-4,9-10,15-16,21,24-25,30-43H2,1-2H3/b7-5-,8-6-,13-11-,14-12-,19-17-,20-18-,23-22-,28-26-,29-27-. The van der Waals surface area contributed by atoms with Gasteiger partial charge in [-0.25, -0.2) is 0 Å². The number of unbranched alkanes of at least 4 members (excludes halogenated alkanes) is 8. The summed E-state index contributed by atoms with van der Waals surface area (Å²) >= 11 is 0. The Morgan fingerprint density at radius 1 is 0.490 bits per heavy atom. The van der Waals surface area contributed by atoms with Gasteiger partial charge < -0.3 is 14.6 Å². The molecule has 0 amide bonds. The van der Waals surface area contributed by atoms with Crippen molar-refractivity contribution in [3.8, 4) is 0 Å². The van der Waals surface area contributed by atoms with Gasteiger partial charge in [0.1, 0.15) is 6.10 Å². The first-order chi connectivity index (χ1) is 24.2. The zero-order valence-corrected chi connectivity index (χ0v) is 31.4. The van der Waals surface area contributed by atoms with Crippen LogP contribution in [0.1, 0.15) is 142 Å². The SMILES string of the molecule is CC/C=C\C/C=C\C/C=C\C/C=C\C/C=C\CCCCCCOCC(CO)OC(=O)CCCCCC/C=C\C/C=C\C/C=C\C/C=C\CC. The predicted molar refractivity (Wildman–Crippen MR) is 214 cm³/mol. The predicted octanol–water partition coefficient (Wildman–Crippen LogP) is 12.8. The van der Waals surface area contributed by atoms with E-state index in [0.717, 1.165) is 109 Å². The number of ether oxygens (including phenoxy) is 2. The molecule has 49 heavy (non-hydrogen) atoms. The lowest BCUT2D eigenvalue weighted by Crippen LogP contribution is -2.27. The minimum absolute atomic E-state index is 0.201. The number of aliphatic hydroxyl groups excluding tert-OH is 1. The molecular formula is C45H72O4. The topological polar surface area (TPSA) is 55.8 Å². The molecule has 0 spiro atoms. The van der Waals surface area contributed by atoms with Crippen molar-refractivity contribution in [2.24, 2.45) is 0 Å². The number of hydrogen-bond acceptors (Lipinski definition) is 4. The van der Waals surface area contributed by atoms with Gasteiger partial charge in [-0.1, -0.05) is 149 Å². The highest BCUT2D eigenvalue weighted by atomic mass is 16.6. The maximum atomic E-state index is 12.2. The minimum Gasteiger partial charge on any atom is -0.457 e. The normalized spacial score (nSPS) is 13.6. The molecule has 4 heteroatoms. The lowest BCUT2D eigenvalue weighted by Gasteiger charge is -2.15. The molecule has 0 aromatic heterocycles. The Labute approximate surface area is 302 Å². The van der Waals surface area contributed by atoms with Crippen molar-refractivity contribution in [1.82, 2.24) is 0 Å². The summed E-state index contributed by atoms with van der Waals surface area (Å²) in [6.45, 7) is 5.01. The molecule has 276 valence electrons. The van der Waals surface area contributed by atoms with Crippen LogP contribution in [0.3, 0.4) is 0 Å². The zero-order valence-electron chi connectivity index (χ0n) is 31.4. The molecule has 0 aromatic rings. The molecule has 0 aliphatic carbocycles. The third-order valence-corrected chi connectivity index (χ3v) is 7.59. The first-order valence-electron chi connectivity index (χ1n) is 19.5. The van der Waals surface area contributed by atoms with Gasteiger partial charge in [-0.15, -0.1) is 0 Å². The van der Waals surface area contributed by atoms with Gasteiger partial charge in [0.25, 0.3) is 0 Å². The number of carbonyl (C=O) groups is 1. The van der Waals surface area contributed by atoms with Crippen molar-refractivity contribution in [1.29, 1.82) is 0 Å². The van der Waals surface area contributed by atoms with E-state index in [2.05, 4.69) is 123 Å². The molecule has 0 radical (unpaired) electrons. The van der Waals surface area contributed by atoms with Crippen molar-refractivity contribution < 1.29 is 19.4 Å². The van der Waals surface area contributed by atoms with Crippen LogP contribution in [-0.2, 0) is 14.3 Å². The third-order valence-electron chi connectivity index (χ3n) is 7.59. The van der Waals surface area contributed by atoms with Crippen LogP contribution in [0.15, 0.2) is 109 Å². The third kappa shape index (κ3) is 39.4. The first kappa shape index (κ1) is 46.0. The molecular weight excluding hydrogens is 604 g/mol. The van der Waals surface area contributed by atoms with Crippen molar-refractivity contribution in [3.05, 3.63) is 109 Å². The maximum absolute atomic E-state index is 12.2. The average Bonchev–Trinajstić information content (AvgIpc) is 3.11. The molecule has 0 saturated heterocycles. The van der Waals surface area contributed by atoms with E-state index in [9.17, 15) is 9.90 Å². The smallest absolute Gasteiger partial charge is 0.306 e. The number of allylic oxidation sites excluding steroid dienone is 18. The van der Waals surface area contributed by atoms with E-state index < -0.39 is 6.10 Å². The highest BCUT2D eigenvalue weighted by molar-refractivity contribution is 5.69. The zero-order chi connectivity index (χ0) is 35.6. The molecule has 0 bridgehead atoms. The molecule has 1 unspecified atom stereocenters. The molecule has 0 aliphatic rings. The second-order valence-electron chi connectivity index (χ2n) is 12.2. The van der Waals surface area contributed by atoms with E-state index in [4.69, 9.17) is 9.47 Å². The first-order valence-corrected chi connectivity index (χ1v) is 19.5. The molecule has 0 rings (SSSR count). The second kappa shape index (κ2) is 41.2. The lowest BCUT2D eigenvalue weighted by atomic mass is 10.1. The largest absolute Gasteiger partial charge is 0.457 e. The summed E-state index contributed by atoms with van der Waals surface area (Å²) in [5.74, 6) is -0.239. The van der Waals surface area contributed by atoms with Crippen molar-refractivity contribution in [2.45, 2.75) is 148 Å². The van der Waals surface area contributed by atoms with Gasteiger partial charge in [0.15, 0.2) is 0 Å². The molecule has 0 aromatic carbocycles. The van der Waals surface area contributed by atoms with Gasteiger partial charge in [0, 0.05) is 13.0 Å². The van der Waals surface area contributed by atoms with E-state index in [1.165, 1.54) is 12.8 Å². The molecule has 0 saturated carbocycles. The van der Waals surface area contributed by atoms with Crippen LogP contribution >= 0.6 is 0 Å². The van der Waals surface area contributed by atoms with Crippen molar-refractivity contribution in [3.63, 3.8) is 0 Å². The van der Waals surface area contributed by atoms with Gasteiger partial charge >= 0.3 is 5.97 Å². The molecule has 1 atom stereocenters. The van der Waals surface area contributed by atoms with Crippen LogP contribution < -0.4 is 0 Å². The molecule has 0 fully saturated rings. The average molecular weight is 677 g/mol. The lowest BCUT2D eigenvalue weighted by molar-refractivity contribution is -0.154. The van der Waals surface area contributed by atoms with E-state index in [1.807, 2.05) is 0 Å². The van der Waals surface area contributed by atoms with Crippen LogP contribution in [0, 0.1) is 0 Å². The van der Waals surface area contributed by atoms with Crippen LogP contribution in [0.5, 0.6) is 0 Å². The van der Waals surface area contributed by atoms with Gasteiger partial charge in [0.05, 0.1) is 13.2 Å². The fourth-order valence-corrected chi connectivity index (χ4v) is 4.75. The maximum Gasteiger partial charge on any atom is 0.306 e. The van der Waals surface area contributed by atoms with E-state index >= 15 is 0 Å². The Hall–Kier alpha value is -2.95. The number of esters is 1. The summed E-state index contributed by atoms with van der Waals surface area (Å²) in [6, 6.07) is 0. The quantitative estimate of drug-likeness (QED) is 0.0419. The summed E-state index contributed by atoms with van der Waals surface area (Å²) in [7, 11) is 0. The second-order valence-corrected chi connectivity index (χ2v) is 12.2. The van der Waals surface area contributed by atoms with Gasteiger partial charge in [-0.05, 0) is 96.3 Å². The molecule has 1 N–H and O–H groups in total. The fourth-order valence-electron chi connectivity index (χ4n) is 4.75.